The highest BCUT2D eigenvalue weighted by Gasteiger charge is 2.39. The molecule has 6 heteroatoms. The van der Waals surface area contributed by atoms with Crippen molar-refractivity contribution in [1.29, 1.82) is 0 Å². The summed E-state index contributed by atoms with van der Waals surface area (Å²) in [5, 5.41) is 4.28. The first-order valence-corrected chi connectivity index (χ1v) is 16.5. The Balaban J connectivity index is 0.000000196. The van der Waals surface area contributed by atoms with Crippen LogP contribution in [0.2, 0.25) is 0 Å². The number of nitrogens with one attached hydrogen (secondary N) is 1. The Bertz CT molecular complexity index is 1550. The Morgan fingerprint density at radius 2 is 1.88 bits per heavy atom. The van der Waals surface area contributed by atoms with E-state index in [0.29, 0.717) is 17.4 Å². The smallest absolute Gasteiger partial charge is 0.341 e. The number of nitrogens with zero attached hydrogens (tertiary/aromatic N) is 2. The fourth-order valence-electron chi connectivity index (χ4n) is 6.42. The van der Waals surface area contributed by atoms with Gasteiger partial charge in [0, 0.05) is 54.0 Å². The first-order valence-electron chi connectivity index (χ1n) is 15.2. The van der Waals surface area contributed by atoms with Crippen molar-refractivity contribution in [2.75, 3.05) is 36.6 Å². The minimum Gasteiger partial charge on any atom is -0.422 e. The summed E-state index contributed by atoms with van der Waals surface area (Å²) >= 11 is 1.73. The quantitative estimate of drug-likeness (QED) is 0.244. The summed E-state index contributed by atoms with van der Waals surface area (Å²) in [4.78, 5) is 20.3. The Morgan fingerprint density at radius 3 is 2.52 bits per heavy atom. The third-order valence-corrected chi connectivity index (χ3v) is 9.67. The Morgan fingerprint density at radius 1 is 1.17 bits per heavy atom. The van der Waals surface area contributed by atoms with Crippen LogP contribution in [0.25, 0.3) is 11.0 Å². The van der Waals surface area contributed by atoms with Gasteiger partial charge in [-0.1, -0.05) is 77.1 Å². The van der Waals surface area contributed by atoms with Crippen LogP contribution in [0.1, 0.15) is 88.0 Å². The van der Waals surface area contributed by atoms with E-state index in [4.69, 9.17) is 4.42 Å². The fraction of sp³-hybridized carbons (Fsp3) is 0.444. The van der Waals surface area contributed by atoms with Crippen molar-refractivity contribution in [3.05, 3.63) is 91.8 Å². The molecular weight excluding hydrogens is 538 g/mol. The molecule has 1 N–H and O–H groups in total. The summed E-state index contributed by atoms with van der Waals surface area (Å²) in [6.07, 6.45) is 9.72. The van der Waals surface area contributed by atoms with E-state index in [1.807, 2.05) is 33.9 Å². The standard InChI is InChI=1S/C20H26N2O2.C14H15NS.C2H6/c1-11-6-8-22-9-7-20(3,4)15-17(22)13(11)10-14-16(21-5)12(2)19(23)24-18(14)15;1-15-13-10-12(8-9-14(13)16-2)11-6-4-3-5-7-11;1-2/h10-11,21H,6-9H2,1-5H3;3-9,12H,1,10H2,2H3;1-2H3. The highest BCUT2D eigenvalue weighted by Crippen LogP contribution is 2.51. The molecule has 0 amide bonds. The van der Waals surface area contributed by atoms with Gasteiger partial charge in [-0.05, 0) is 61.3 Å². The normalized spacial score (nSPS) is 20.1. The van der Waals surface area contributed by atoms with Gasteiger partial charge in [0.2, 0.25) is 0 Å². The second-order valence-corrected chi connectivity index (χ2v) is 12.6. The number of anilines is 2. The Hall–Kier alpha value is -3.25. The van der Waals surface area contributed by atoms with Gasteiger partial charge in [0.1, 0.15) is 5.58 Å². The van der Waals surface area contributed by atoms with Crippen molar-refractivity contribution in [3.63, 3.8) is 0 Å². The van der Waals surface area contributed by atoms with Crippen LogP contribution in [0.5, 0.6) is 0 Å². The van der Waals surface area contributed by atoms with Crippen LogP contribution in [0, 0.1) is 6.92 Å². The van der Waals surface area contributed by atoms with Gasteiger partial charge < -0.3 is 14.6 Å². The van der Waals surface area contributed by atoms with Crippen molar-refractivity contribution in [2.45, 2.75) is 78.1 Å². The van der Waals surface area contributed by atoms with E-state index in [1.54, 1.807) is 11.8 Å². The predicted molar refractivity (Wildman–Crippen MR) is 184 cm³/mol. The average Bonchev–Trinajstić information content (AvgIpc) is 3.02. The molecule has 0 fully saturated rings. The van der Waals surface area contributed by atoms with Crippen molar-refractivity contribution >= 4 is 40.8 Å². The van der Waals surface area contributed by atoms with Gasteiger partial charge in [-0.25, -0.2) is 4.79 Å². The molecule has 3 aliphatic rings. The van der Waals surface area contributed by atoms with Crippen LogP contribution >= 0.6 is 11.8 Å². The number of aliphatic imine (C=N–C) groups is 1. The molecule has 3 heterocycles. The van der Waals surface area contributed by atoms with Crippen molar-refractivity contribution in [3.8, 4) is 0 Å². The third-order valence-electron chi connectivity index (χ3n) is 8.86. The van der Waals surface area contributed by atoms with Crippen LogP contribution in [0.4, 0.5) is 11.4 Å². The lowest BCUT2D eigenvalue weighted by Gasteiger charge is -2.45. The molecular formula is C36H47N3O2S. The maximum absolute atomic E-state index is 12.4. The largest absolute Gasteiger partial charge is 0.422 e. The van der Waals surface area contributed by atoms with Crippen molar-refractivity contribution in [2.24, 2.45) is 4.99 Å². The van der Waals surface area contributed by atoms with Crippen molar-refractivity contribution < 1.29 is 4.42 Å². The van der Waals surface area contributed by atoms with E-state index in [-0.39, 0.29) is 11.0 Å². The first-order chi connectivity index (χ1) is 20.2. The van der Waals surface area contributed by atoms with E-state index in [9.17, 15) is 4.79 Å². The molecule has 5 nitrogen and oxygen atoms in total. The van der Waals surface area contributed by atoms with Crippen LogP contribution in [0.15, 0.2) is 73.4 Å². The molecule has 2 unspecified atom stereocenters. The molecule has 42 heavy (non-hydrogen) atoms. The first kappa shape index (κ1) is 31.7. The van der Waals surface area contributed by atoms with Crippen molar-refractivity contribution in [1.82, 2.24) is 0 Å². The van der Waals surface area contributed by atoms with Gasteiger partial charge in [-0.15, -0.1) is 11.8 Å². The molecule has 224 valence electrons. The van der Waals surface area contributed by atoms with Gasteiger partial charge in [-0.3, -0.25) is 4.99 Å². The van der Waals surface area contributed by atoms with E-state index < -0.39 is 0 Å². The second-order valence-electron chi connectivity index (χ2n) is 11.8. The number of thioether (sulfide) groups is 1. The molecule has 6 rings (SSSR count). The number of benzene rings is 2. The predicted octanol–water partition coefficient (Wildman–Crippen LogP) is 9.17. The molecule has 1 aliphatic carbocycles. The minimum absolute atomic E-state index is 0.00730. The van der Waals surface area contributed by atoms with Crippen LogP contribution in [-0.2, 0) is 5.41 Å². The summed E-state index contributed by atoms with van der Waals surface area (Å²) in [6, 6.07) is 12.8. The number of allylic oxidation sites excluding steroid dienone is 3. The summed E-state index contributed by atoms with van der Waals surface area (Å²) in [6.45, 7) is 18.5. The summed E-state index contributed by atoms with van der Waals surface area (Å²) in [5.41, 5.74) is 8.53. The van der Waals surface area contributed by atoms with Gasteiger partial charge in [0.15, 0.2) is 0 Å². The summed E-state index contributed by atoms with van der Waals surface area (Å²) in [5.74, 6) is 0.975. The molecule has 1 aromatic heterocycles. The Kier molecular flexibility index (Phi) is 10.1. The highest BCUT2D eigenvalue weighted by atomic mass is 32.2. The maximum atomic E-state index is 12.4. The van der Waals surface area contributed by atoms with Crippen LogP contribution in [0.3, 0.4) is 0 Å². The molecule has 2 aromatic carbocycles. The SMILES string of the molecule is C=NC1=C(SC)C=CC(c2ccccc2)C1.CC.CNc1c(C)c(=O)oc2c3c4c(cc12)C(C)CCN4CCC3(C)C. The maximum Gasteiger partial charge on any atom is 0.341 e. The number of rotatable bonds is 4. The van der Waals surface area contributed by atoms with E-state index >= 15 is 0 Å². The van der Waals surface area contributed by atoms with Crippen LogP contribution < -0.4 is 15.8 Å². The molecule has 0 spiro atoms. The lowest BCUT2D eigenvalue weighted by molar-refractivity contribution is 0.431. The number of hydrogen-bond acceptors (Lipinski definition) is 6. The zero-order valence-corrected chi connectivity index (χ0v) is 27.5. The third kappa shape index (κ3) is 5.96. The Labute approximate surface area is 256 Å². The molecule has 0 bridgehead atoms. The molecule has 2 aliphatic heterocycles. The lowest BCUT2D eigenvalue weighted by atomic mass is 9.73. The average molecular weight is 586 g/mol. The van der Waals surface area contributed by atoms with Gasteiger partial charge in [0.05, 0.1) is 16.9 Å². The number of hydrogen-bond donors (Lipinski definition) is 1. The molecule has 0 saturated heterocycles. The van der Waals surface area contributed by atoms with E-state index in [2.05, 4.69) is 91.4 Å². The van der Waals surface area contributed by atoms with Crippen LogP contribution in [-0.4, -0.2) is 33.1 Å². The highest BCUT2D eigenvalue weighted by molar-refractivity contribution is 8.02. The molecule has 0 radical (unpaired) electrons. The summed E-state index contributed by atoms with van der Waals surface area (Å²) in [7, 11) is 1.88. The fourth-order valence-corrected chi connectivity index (χ4v) is 7.02. The summed E-state index contributed by atoms with van der Waals surface area (Å²) < 4.78 is 5.85. The minimum atomic E-state index is -0.236. The van der Waals surface area contributed by atoms with Gasteiger partial charge in [0.25, 0.3) is 0 Å². The van der Waals surface area contributed by atoms with E-state index in [0.717, 1.165) is 48.3 Å². The second kappa shape index (κ2) is 13.4. The molecule has 0 saturated carbocycles. The van der Waals surface area contributed by atoms with Gasteiger partial charge in [-0.2, -0.15) is 0 Å². The molecule has 3 aromatic rings. The topological polar surface area (TPSA) is 57.8 Å². The molecule has 2 atom stereocenters. The number of fused-ring (bicyclic) bond motifs is 2. The van der Waals surface area contributed by atoms with Gasteiger partial charge >= 0.3 is 5.63 Å². The lowest BCUT2D eigenvalue weighted by Crippen LogP contribution is -2.41. The zero-order chi connectivity index (χ0) is 30.6. The van der Waals surface area contributed by atoms with E-state index in [1.165, 1.54) is 33.7 Å². The monoisotopic (exact) mass is 585 g/mol. The zero-order valence-electron chi connectivity index (χ0n) is 26.6.